The van der Waals surface area contributed by atoms with E-state index in [9.17, 15) is 96.7 Å². The fourth-order valence-electron chi connectivity index (χ4n) is 17.9. The lowest BCUT2D eigenvalue weighted by atomic mass is 9.33. The minimum absolute atomic E-state index is 0.0604. The van der Waals surface area contributed by atoms with Crippen LogP contribution in [0.15, 0.2) is 11.6 Å². The molecule has 5 saturated heterocycles. The van der Waals surface area contributed by atoms with Gasteiger partial charge >= 0.3 is 11.9 Å². The van der Waals surface area contributed by atoms with E-state index in [0.717, 1.165) is 5.57 Å². The van der Waals surface area contributed by atoms with Crippen LogP contribution in [0.25, 0.3) is 0 Å². The van der Waals surface area contributed by atoms with Gasteiger partial charge in [-0.1, -0.05) is 46.3 Å². The molecule has 0 spiro atoms. The van der Waals surface area contributed by atoms with Gasteiger partial charge in [-0.3, -0.25) is 9.59 Å². The van der Waals surface area contributed by atoms with Gasteiger partial charge in [-0.05, 0) is 111 Å². The molecule has 35 atom stereocenters. The van der Waals surface area contributed by atoms with Crippen LogP contribution in [0.1, 0.15) is 106 Å². The van der Waals surface area contributed by atoms with Gasteiger partial charge in [0.1, 0.15) is 116 Å². The number of carboxylic acid groups (broad SMARTS) is 1. The number of carbonyl (C=O) groups is 2. The number of carbonyl (C=O) groups excluding carboxylic acids is 1. The summed E-state index contributed by atoms with van der Waals surface area (Å²) in [4.78, 5) is 29.6. The Hall–Kier alpha value is -2.36. The lowest BCUT2D eigenvalue weighted by Gasteiger charge is -2.71. The van der Waals surface area contributed by atoms with E-state index >= 15 is 4.79 Å². The van der Waals surface area contributed by atoms with Crippen LogP contribution in [0.3, 0.4) is 0 Å². The summed E-state index contributed by atoms with van der Waals surface area (Å²) in [5.41, 5.74) is -4.58. The maximum Gasteiger partial charge on any atom is 0.315 e. The number of esters is 1. The number of ether oxygens (including phenoxy) is 10. The predicted molar refractivity (Wildman–Crippen MR) is 297 cm³/mol. The standard InChI is InChI=1S/C60H96O30/c1-22-32(65)36(69)41(74)49(82-22)87-45-28(20-63)85-48(44(77)40(45)73)81-21-29-35(68)39(72)46(88-50-42(75)37(70)33(66)26(18-61)83-50)52(86-29)90-54(80)60-14-12-55(2,3)16-24(60)23-8-9-30-56(4)17-25(64)47(89-51-43(76)38(71)34(67)27(19-62)84-51)59(7,53(78)79)31(56)10-11-58(30,6)57(23,5)13-15-60/h8,22,24-52,61-77H,9-21H2,1-7H3,(H,78,79)/t22-,24-,25-,26+,27+,28+,29+,30?,31?,32-,33+,34+,35+,36+,37-,38-,39-,40+,41+,42+,43+,44+,45+,46+,47-,48+,49-,50-,51-,52-,56+,57+,58+,59-,60-/m0/s1. The number of hydrogen-bond acceptors (Lipinski definition) is 29. The second-order valence-corrected chi connectivity index (χ2v) is 29.0. The van der Waals surface area contributed by atoms with Crippen molar-refractivity contribution in [2.45, 2.75) is 272 Å². The zero-order valence-corrected chi connectivity index (χ0v) is 51.5. The highest BCUT2D eigenvalue weighted by Crippen LogP contribution is 2.76. The van der Waals surface area contributed by atoms with Gasteiger partial charge in [0.25, 0.3) is 0 Å². The van der Waals surface area contributed by atoms with Crippen molar-refractivity contribution in [2.75, 3.05) is 26.4 Å². The van der Waals surface area contributed by atoms with Gasteiger partial charge in [-0.15, -0.1) is 0 Å². The number of allylic oxidation sites excluding steroid dienone is 2. The van der Waals surface area contributed by atoms with Gasteiger partial charge in [0.15, 0.2) is 31.3 Å². The second kappa shape index (κ2) is 25.9. The maximum absolute atomic E-state index is 15.8. The number of hydrogen-bond donors (Lipinski definition) is 18. The maximum atomic E-state index is 15.8. The van der Waals surface area contributed by atoms with Gasteiger partial charge in [0.2, 0.25) is 6.29 Å². The molecule has 0 aromatic rings. The Balaban J connectivity index is 0.918. The van der Waals surface area contributed by atoms with Crippen molar-refractivity contribution in [1.29, 1.82) is 0 Å². The van der Waals surface area contributed by atoms with Crippen molar-refractivity contribution in [3.8, 4) is 0 Å². The molecule has 0 aromatic carbocycles. The predicted octanol–water partition coefficient (Wildman–Crippen LogP) is -5.15. The van der Waals surface area contributed by atoms with Crippen LogP contribution in [-0.2, 0) is 57.0 Å². The number of aliphatic hydroxyl groups excluding tert-OH is 17. The van der Waals surface area contributed by atoms with Crippen molar-refractivity contribution in [1.82, 2.24) is 0 Å². The van der Waals surface area contributed by atoms with Crippen LogP contribution in [0.5, 0.6) is 0 Å². The molecule has 4 saturated carbocycles. The van der Waals surface area contributed by atoms with E-state index in [0.29, 0.717) is 44.9 Å². The first-order valence-electron chi connectivity index (χ1n) is 31.5. The molecule has 516 valence electrons. The first kappa shape index (κ1) is 70.4. The first-order chi connectivity index (χ1) is 42.1. The van der Waals surface area contributed by atoms with Crippen molar-refractivity contribution >= 4 is 11.9 Å². The molecule has 30 nitrogen and oxygen atoms in total. The summed E-state index contributed by atoms with van der Waals surface area (Å²) in [7, 11) is 0. The Morgan fingerprint density at radius 1 is 0.522 bits per heavy atom. The molecule has 10 aliphatic rings. The van der Waals surface area contributed by atoms with Crippen molar-refractivity contribution < 1.29 is 149 Å². The van der Waals surface area contributed by atoms with E-state index in [2.05, 4.69) is 33.8 Å². The largest absolute Gasteiger partial charge is 0.481 e. The summed E-state index contributed by atoms with van der Waals surface area (Å²) in [6.45, 7) is 10.1. The molecule has 5 heterocycles. The zero-order valence-electron chi connectivity index (χ0n) is 51.5. The summed E-state index contributed by atoms with van der Waals surface area (Å²) in [6.07, 6.45) is -41.7. The van der Waals surface area contributed by atoms with Gasteiger partial charge in [-0.25, -0.2) is 0 Å². The highest BCUT2D eigenvalue weighted by atomic mass is 16.8. The van der Waals surface area contributed by atoms with E-state index in [-0.39, 0.29) is 24.2 Å². The Morgan fingerprint density at radius 2 is 1.02 bits per heavy atom. The molecule has 18 N–H and O–H groups in total. The molecule has 0 radical (unpaired) electrons. The molecule has 2 unspecified atom stereocenters. The molecule has 90 heavy (non-hydrogen) atoms. The van der Waals surface area contributed by atoms with Gasteiger partial charge < -0.3 is 139 Å². The number of fused-ring (bicyclic) bond motifs is 7. The van der Waals surface area contributed by atoms with Crippen molar-refractivity contribution in [2.24, 2.45) is 50.2 Å². The van der Waals surface area contributed by atoms with E-state index < -0.39 is 243 Å². The van der Waals surface area contributed by atoms with Gasteiger partial charge in [-0.2, -0.15) is 0 Å². The van der Waals surface area contributed by atoms with Crippen molar-refractivity contribution in [3.05, 3.63) is 11.6 Å². The number of rotatable bonds is 15. The minimum atomic E-state index is -2.11. The number of aliphatic carboxylic acids is 1. The SMILES string of the molecule is C[C@@H]1O[C@@H](O[C@H]2[C@H](O)[C@@H](O)[C@H](OC[C@H]3O[C@@H](OC(=O)[C@]45CCC(C)(C)C[C@H]4C4=CCC6[C@@]7(C)C[C@H](O)[C@H](O[C@@H]8O[C@H](CO)[C@@H](O)[C@H](O)[C@H]8O)[C@@](C)(C(=O)O)C7CC[C@@]6(C)[C@]4(C)CC5)[C@H](O[C@@H]4O[C@H](CO)[C@@H](O)[C@H](O)[C@H]4O)[C@@H](O)[C@@H]3O)O[C@@H]2CO)[C@H](O)[C@H](O)[C@H]1O. The molecular formula is C60H96O30. The molecule has 9 fully saturated rings. The van der Waals surface area contributed by atoms with Crippen LogP contribution in [0.2, 0.25) is 0 Å². The summed E-state index contributed by atoms with van der Waals surface area (Å²) in [5, 5.41) is 196. The van der Waals surface area contributed by atoms with Crippen LogP contribution in [0.4, 0.5) is 0 Å². The molecule has 0 amide bonds. The Morgan fingerprint density at radius 3 is 1.61 bits per heavy atom. The topological polar surface area (TPSA) is 491 Å². The summed E-state index contributed by atoms with van der Waals surface area (Å²) in [6, 6.07) is 0. The van der Waals surface area contributed by atoms with E-state index in [4.69, 9.17) is 47.4 Å². The van der Waals surface area contributed by atoms with Crippen molar-refractivity contribution in [3.63, 3.8) is 0 Å². The van der Waals surface area contributed by atoms with Crippen LogP contribution >= 0.6 is 0 Å². The van der Waals surface area contributed by atoms with Gasteiger partial charge in [0, 0.05) is 0 Å². The smallest absolute Gasteiger partial charge is 0.315 e. The second-order valence-electron chi connectivity index (χ2n) is 29.0. The quantitative estimate of drug-likeness (QED) is 0.0414. The fraction of sp³-hybridized carbons (Fsp3) is 0.933. The Bertz CT molecular complexity index is 2560. The average molecular weight is 1300 g/mol. The Kier molecular flexibility index (Phi) is 20.3. The van der Waals surface area contributed by atoms with E-state index in [1.54, 1.807) is 0 Å². The molecule has 10 rings (SSSR count). The summed E-state index contributed by atoms with van der Waals surface area (Å²) < 4.78 is 59.1. The number of carboxylic acids is 1. The fourth-order valence-corrected chi connectivity index (χ4v) is 17.9. The molecule has 5 aliphatic heterocycles. The third-order valence-corrected chi connectivity index (χ3v) is 23.6. The average Bonchev–Trinajstić information content (AvgIpc) is 0.674. The molecule has 0 aromatic heterocycles. The number of aliphatic hydroxyl groups is 17. The lowest BCUT2D eigenvalue weighted by molar-refractivity contribution is -0.373. The zero-order chi connectivity index (χ0) is 66.0. The molecular weight excluding hydrogens is 1200 g/mol. The highest BCUT2D eigenvalue weighted by Gasteiger charge is 2.73. The monoisotopic (exact) mass is 1300 g/mol. The summed E-state index contributed by atoms with van der Waals surface area (Å²) in [5.74, 6) is -3.46. The minimum Gasteiger partial charge on any atom is -0.481 e. The summed E-state index contributed by atoms with van der Waals surface area (Å²) >= 11 is 0. The molecule has 5 aliphatic carbocycles. The van der Waals surface area contributed by atoms with E-state index in [1.807, 2.05) is 6.92 Å². The van der Waals surface area contributed by atoms with Crippen LogP contribution in [-0.4, -0.2) is 296 Å². The third-order valence-electron chi connectivity index (χ3n) is 23.6. The van der Waals surface area contributed by atoms with E-state index in [1.165, 1.54) is 13.8 Å². The molecule has 30 heteroatoms. The Labute approximate surface area is 519 Å². The lowest BCUT2D eigenvalue weighted by Crippen LogP contribution is -2.70. The first-order valence-corrected chi connectivity index (χ1v) is 31.5. The highest BCUT2D eigenvalue weighted by molar-refractivity contribution is 5.79. The normalized spacial score (nSPS) is 54.5. The van der Waals surface area contributed by atoms with Crippen LogP contribution < -0.4 is 0 Å². The molecule has 0 bridgehead atoms. The van der Waals surface area contributed by atoms with Crippen LogP contribution in [0, 0.1) is 50.2 Å². The van der Waals surface area contributed by atoms with Gasteiger partial charge in [0.05, 0.1) is 49.5 Å². The third kappa shape index (κ3) is 11.5.